The Labute approximate surface area is 120 Å². The van der Waals surface area contributed by atoms with Gasteiger partial charge in [0.15, 0.2) is 11.3 Å². The number of rotatable bonds is 1. The molecule has 3 nitrogen and oxygen atoms in total. The predicted molar refractivity (Wildman–Crippen MR) is 65.2 cm³/mol. The van der Waals surface area contributed by atoms with Gasteiger partial charge in [0, 0.05) is 5.52 Å². The Morgan fingerprint density at radius 2 is 1.68 bits per heavy atom. The van der Waals surface area contributed by atoms with Crippen LogP contribution in [0.5, 0.6) is 0 Å². The number of benzene rings is 1. The van der Waals surface area contributed by atoms with E-state index in [-0.39, 0.29) is 10.9 Å². The molecule has 0 amide bonds. The van der Waals surface area contributed by atoms with Crippen molar-refractivity contribution in [1.82, 2.24) is 4.98 Å². The number of halogens is 6. The third-order valence-corrected chi connectivity index (χ3v) is 3.24. The van der Waals surface area contributed by atoms with E-state index in [0.29, 0.717) is 13.0 Å². The average molecular weight is 322 g/mol. The number of aromatic amines is 1. The van der Waals surface area contributed by atoms with Crippen LogP contribution in [0.25, 0.3) is 15.7 Å². The molecule has 0 spiro atoms. The maximum Gasteiger partial charge on any atom is 0.422 e. The van der Waals surface area contributed by atoms with Crippen LogP contribution in [0.1, 0.15) is 18.2 Å². The van der Waals surface area contributed by atoms with Crippen LogP contribution in [0.2, 0.25) is 0 Å². The van der Waals surface area contributed by atoms with Crippen LogP contribution in [0.4, 0.5) is 32.0 Å². The van der Waals surface area contributed by atoms with E-state index in [1.54, 1.807) is 0 Å². The van der Waals surface area contributed by atoms with Crippen molar-refractivity contribution in [3.63, 3.8) is 0 Å². The Balaban J connectivity index is 2.69. The fourth-order valence-corrected chi connectivity index (χ4v) is 1.90. The summed E-state index contributed by atoms with van der Waals surface area (Å²) in [7, 11) is 0. The Morgan fingerprint density at radius 1 is 1.09 bits per heavy atom. The molecule has 1 atom stereocenters. The Bertz CT molecular complexity index is 764. The van der Waals surface area contributed by atoms with Gasteiger partial charge in [-0.2, -0.15) is 26.3 Å². The zero-order valence-electron chi connectivity index (χ0n) is 10.9. The molecule has 118 valence electrons. The second kappa shape index (κ2) is 4.64. The fraction of sp³-hybridized carbons (Fsp3) is 0.308. The summed E-state index contributed by atoms with van der Waals surface area (Å²) >= 11 is 0. The molecule has 9 heteroatoms. The SMILES string of the molecule is [C-]#[N+]c1cc2cc(C(C)(O)C(F)(F)F)[nH]c2cc1C(F)(F)F. The van der Waals surface area contributed by atoms with Crippen molar-refractivity contribution < 1.29 is 31.4 Å². The quantitative estimate of drug-likeness (QED) is 0.589. The summed E-state index contributed by atoms with van der Waals surface area (Å²) in [6.45, 7) is 7.24. The molecule has 1 aromatic carbocycles. The first kappa shape index (κ1) is 16.2. The van der Waals surface area contributed by atoms with E-state index in [1.165, 1.54) is 0 Å². The predicted octanol–water partition coefficient (Wildman–Crippen LogP) is 4.51. The molecule has 0 saturated heterocycles. The first-order chi connectivity index (χ1) is 9.88. The van der Waals surface area contributed by atoms with Crippen LogP contribution < -0.4 is 0 Å². The highest BCUT2D eigenvalue weighted by molar-refractivity contribution is 5.86. The van der Waals surface area contributed by atoms with Crippen molar-refractivity contribution in [2.24, 2.45) is 0 Å². The van der Waals surface area contributed by atoms with Gasteiger partial charge in [-0.05, 0) is 30.5 Å². The lowest BCUT2D eigenvalue weighted by molar-refractivity contribution is -0.260. The monoisotopic (exact) mass is 322 g/mol. The van der Waals surface area contributed by atoms with Crippen molar-refractivity contribution in [2.45, 2.75) is 24.9 Å². The lowest BCUT2D eigenvalue weighted by Crippen LogP contribution is -2.39. The van der Waals surface area contributed by atoms with Crippen molar-refractivity contribution in [2.75, 3.05) is 0 Å². The van der Waals surface area contributed by atoms with E-state index in [0.717, 1.165) is 12.1 Å². The minimum absolute atomic E-state index is 0.0291. The highest BCUT2D eigenvalue weighted by atomic mass is 19.4. The molecule has 0 aliphatic rings. The number of H-pyrrole nitrogens is 1. The summed E-state index contributed by atoms with van der Waals surface area (Å²) in [6.07, 6.45) is -9.82. The van der Waals surface area contributed by atoms with E-state index in [2.05, 4.69) is 9.83 Å². The molecule has 1 aromatic heterocycles. The van der Waals surface area contributed by atoms with Gasteiger partial charge in [-0.3, -0.25) is 0 Å². The molecule has 0 radical (unpaired) electrons. The number of nitrogens with zero attached hydrogens (tertiary/aromatic N) is 1. The molecular formula is C13H8F6N2O. The normalized spacial score (nSPS) is 15.6. The molecule has 0 fully saturated rings. The fourth-order valence-electron chi connectivity index (χ4n) is 1.90. The molecule has 0 saturated carbocycles. The number of hydrogen-bond acceptors (Lipinski definition) is 1. The van der Waals surface area contributed by atoms with Crippen molar-refractivity contribution in [3.8, 4) is 0 Å². The van der Waals surface area contributed by atoms with Gasteiger partial charge in [0.25, 0.3) is 0 Å². The molecule has 1 unspecified atom stereocenters. The number of hydrogen-bond donors (Lipinski definition) is 2. The van der Waals surface area contributed by atoms with Crippen LogP contribution in [0.3, 0.4) is 0 Å². The topological polar surface area (TPSA) is 40.4 Å². The first-order valence-corrected chi connectivity index (χ1v) is 5.79. The second-order valence-electron chi connectivity index (χ2n) is 4.82. The van der Waals surface area contributed by atoms with Crippen molar-refractivity contribution in [1.29, 1.82) is 0 Å². The number of fused-ring (bicyclic) bond motifs is 1. The van der Waals surface area contributed by atoms with Crippen LogP contribution in [0.15, 0.2) is 18.2 Å². The maximum atomic E-state index is 12.8. The van der Waals surface area contributed by atoms with E-state index in [4.69, 9.17) is 6.57 Å². The molecule has 2 rings (SSSR count). The van der Waals surface area contributed by atoms with Crippen molar-refractivity contribution in [3.05, 3.63) is 40.9 Å². The van der Waals surface area contributed by atoms with Crippen LogP contribution >= 0.6 is 0 Å². The lowest BCUT2D eigenvalue weighted by Gasteiger charge is -2.24. The Kier molecular flexibility index (Phi) is 3.41. The van der Waals surface area contributed by atoms with Gasteiger partial charge in [-0.1, -0.05) is 0 Å². The molecule has 2 aromatic rings. The highest BCUT2D eigenvalue weighted by Gasteiger charge is 2.52. The molecule has 0 bridgehead atoms. The Morgan fingerprint density at radius 3 is 2.14 bits per heavy atom. The van der Waals surface area contributed by atoms with E-state index >= 15 is 0 Å². The van der Waals surface area contributed by atoms with Crippen LogP contribution in [-0.4, -0.2) is 16.3 Å². The van der Waals surface area contributed by atoms with Gasteiger partial charge < -0.3 is 10.1 Å². The van der Waals surface area contributed by atoms with Gasteiger partial charge in [0.2, 0.25) is 0 Å². The van der Waals surface area contributed by atoms with Crippen LogP contribution in [-0.2, 0) is 11.8 Å². The second-order valence-corrected chi connectivity index (χ2v) is 4.82. The van der Waals surface area contributed by atoms with Crippen LogP contribution in [0, 0.1) is 6.57 Å². The van der Waals surface area contributed by atoms with Gasteiger partial charge in [0.1, 0.15) is 0 Å². The number of aliphatic hydroxyl groups is 1. The van der Waals surface area contributed by atoms with Gasteiger partial charge in [0.05, 0.1) is 17.8 Å². The summed E-state index contributed by atoms with van der Waals surface area (Å²) in [4.78, 5) is 4.87. The number of nitrogens with one attached hydrogen (secondary N) is 1. The van der Waals surface area contributed by atoms with Gasteiger partial charge in [-0.25, -0.2) is 4.85 Å². The summed E-state index contributed by atoms with van der Waals surface area (Å²) < 4.78 is 76.7. The summed E-state index contributed by atoms with van der Waals surface area (Å²) in [5.41, 5.74) is -6.18. The van der Waals surface area contributed by atoms with Crippen molar-refractivity contribution >= 4 is 16.6 Å². The zero-order valence-corrected chi connectivity index (χ0v) is 10.9. The Hall–Kier alpha value is -2.21. The zero-order chi connectivity index (χ0) is 16.9. The smallest absolute Gasteiger partial charge is 0.375 e. The number of alkyl halides is 6. The molecule has 22 heavy (non-hydrogen) atoms. The van der Waals surface area contributed by atoms with E-state index < -0.39 is 34.9 Å². The molecular weight excluding hydrogens is 314 g/mol. The average Bonchev–Trinajstić information content (AvgIpc) is 2.77. The number of aromatic nitrogens is 1. The molecule has 2 N–H and O–H groups in total. The third kappa shape index (κ3) is 2.50. The third-order valence-electron chi connectivity index (χ3n) is 3.24. The standard InChI is InChI=1S/C13H8F6N2O/c1-11(22,13(17,18)19)10-4-6-3-9(20-2)7(12(14,15)16)5-8(6)21-10/h3-5,21-22H,1H3. The van der Waals surface area contributed by atoms with E-state index in [1.807, 2.05) is 0 Å². The van der Waals surface area contributed by atoms with E-state index in [9.17, 15) is 31.4 Å². The maximum absolute atomic E-state index is 12.8. The molecule has 1 heterocycles. The highest BCUT2D eigenvalue weighted by Crippen LogP contribution is 2.42. The van der Waals surface area contributed by atoms with Gasteiger partial charge >= 0.3 is 12.4 Å². The minimum atomic E-state index is -5.01. The first-order valence-electron chi connectivity index (χ1n) is 5.79. The molecule has 0 aliphatic carbocycles. The lowest BCUT2D eigenvalue weighted by atomic mass is 10.0. The minimum Gasteiger partial charge on any atom is -0.375 e. The summed E-state index contributed by atoms with van der Waals surface area (Å²) in [5.74, 6) is 0. The molecule has 0 aliphatic heterocycles. The van der Waals surface area contributed by atoms with Gasteiger partial charge in [-0.15, -0.1) is 0 Å². The summed E-state index contributed by atoms with van der Waals surface area (Å²) in [6, 6.07) is 2.26. The largest absolute Gasteiger partial charge is 0.422 e. The summed E-state index contributed by atoms with van der Waals surface area (Å²) in [5, 5.41) is 9.51.